The van der Waals surface area contributed by atoms with E-state index in [9.17, 15) is 21.6 Å². The smallest absolute Gasteiger partial charge is 0.243 e. The molecule has 2 aliphatic heterocycles. The van der Waals surface area contributed by atoms with Gasteiger partial charge in [0.25, 0.3) is 0 Å². The lowest BCUT2D eigenvalue weighted by molar-refractivity contribution is -0.127. The Morgan fingerprint density at radius 1 is 1.07 bits per heavy atom. The van der Waals surface area contributed by atoms with Gasteiger partial charge >= 0.3 is 0 Å². The minimum atomic E-state index is -3.73. The van der Waals surface area contributed by atoms with E-state index in [0.29, 0.717) is 49.4 Å². The first kappa shape index (κ1) is 23.5. The quantitative estimate of drug-likeness (QED) is 0.693. The molecular formula is C19H28ClN3O5S2. The lowest BCUT2D eigenvalue weighted by Crippen LogP contribution is -2.52. The molecule has 2 fully saturated rings. The number of hydrogen-bond acceptors (Lipinski definition) is 5. The number of nitrogens with zero attached hydrogens (tertiary/aromatic N) is 2. The summed E-state index contributed by atoms with van der Waals surface area (Å²) in [4.78, 5) is 12.9. The monoisotopic (exact) mass is 477 g/mol. The van der Waals surface area contributed by atoms with Crippen molar-refractivity contribution in [1.82, 2.24) is 13.9 Å². The Labute approximate surface area is 183 Å². The number of benzene rings is 1. The van der Waals surface area contributed by atoms with Crippen LogP contribution in [0.4, 0.5) is 0 Å². The molecule has 3 rings (SSSR count). The highest BCUT2D eigenvalue weighted by molar-refractivity contribution is 7.89. The van der Waals surface area contributed by atoms with Gasteiger partial charge in [-0.3, -0.25) is 4.79 Å². The molecule has 0 aromatic heterocycles. The second-order valence-corrected chi connectivity index (χ2v) is 12.3. The van der Waals surface area contributed by atoms with Gasteiger partial charge in [-0.15, -0.1) is 0 Å². The number of rotatable bonds is 5. The van der Waals surface area contributed by atoms with Crippen molar-refractivity contribution < 1.29 is 21.6 Å². The maximum Gasteiger partial charge on any atom is 0.243 e. The summed E-state index contributed by atoms with van der Waals surface area (Å²) in [6.45, 7) is 2.83. The summed E-state index contributed by atoms with van der Waals surface area (Å²) in [6.07, 6.45) is 3.70. The predicted molar refractivity (Wildman–Crippen MR) is 115 cm³/mol. The third-order valence-corrected chi connectivity index (χ3v) is 9.48. The van der Waals surface area contributed by atoms with Crippen molar-refractivity contribution in [3.63, 3.8) is 0 Å². The van der Waals surface area contributed by atoms with E-state index in [2.05, 4.69) is 5.32 Å². The molecule has 2 saturated heterocycles. The van der Waals surface area contributed by atoms with E-state index >= 15 is 0 Å². The van der Waals surface area contributed by atoms with Gasteiger partial charge in [-0.1, -0.05) is 17.7 Å². The maximum atomic E-state index is 13.1. The van der Waals surface area contributed by atoms with Gasteiger partial charge < -0.3 is 5.32 Å². The normalized spacial score (nSPS) is 24.5. The van der Waals surface area contributed by atoms with Gasteiger partial charge in [0.05, 0.1) is 17.1 Å². The number of carbonyl (C=O) groups excluding carboxylic acids is 1. The van der Waals surface area contributed by atoms with Crippen molar-refractivity contribution in [2.45, 2.75) is 43.5 Å². The molecule has 0 saturated carbocycles. The van der Waals surface area contributed by atoms with Gasteiger partial charge in [-0.05, 0) is 50.3 Å². The standard InChI is InChI=1S/C19H28ClN3O5S2/c1-14-17(20)8-3-9-18(14)30(27,28)23-11-5-7-16(13-23)21-19(24)15-6-4-10-22(12-15)29(2,25)26/h3,8-9,15-16H,4-7,10-13H2,1-2H3,(H,21,24)/t15-,16?/m0/s1. The number of carbonyl (C=O) groups is 1. The Morgan fingerprint density at radius 3 is 2.43 bits per heavy atom. The van der Waals surface area contributed by atoms with Crippen molar-refractivity contribution in [3.8, 4) is 0 Å². The summed E-state index contributed by atoms with van der Waals surface area (Å²) < 4.78 is 52.6. The van der Waals surface area contributed by atoms with Crippen LogP contribution >= 0.6 is 11.6 Å². The highest BCUT2D eigenvalue weighted by Gasteiger charge is 2.35. The van der Waals surface area contributed by atoms with E-state index in [1.54, 1.807) is 25.1 Å². The molecule has 1 aromatic carbocycles. The summed E-state index contributed by atoms with van der Waals surface area (Å²) in [5, 5.41) is 3.34. The topological polar surface area (TPSA) is 104 Å². The van der Waals surface area contributed by atoms with E-state index in [4.69, 9.17) is 11.6 Å². The summed E-state index contributed by atoms with van der Waals surface area (Å²) >= 11 is 6.10. The van der Waals surface area contributed by atoms with Crippen LogP contribution in [0.15, 0.2) is 23.1 Å². The lowest BCUT2D eigenvalue weighted by Gasteiger charge is -2.35. The number of sulfonamides is 2. The molecule has 0 spiro atoms. The molecule has 0 bridgehead atoms. The Kier molecular flexibility index (Phi) is 7.13. The fourth-order valence-corrected chi connectivity index (χ4v) is 6.97. The van der Waals surface area contributed by atoms with Crippen molar-refractivity contribution in [1.29, 1.82) is 0 Å². The SMILES string of the molecule is Cc1c(Cl)cccc1S(=O)(=O)N1CCCC(NC(=O)[C@H]2CCCN(S(C)(=O)=O)C2)C1. The van der Waals surface area contributed by atoms with Crippen molar-refractivity contribution in [2.24, 2.45) is 5.92 Å². The molecular weight excluding hydrogens is 450 g/mol. The Balaban J connectivity index is 1.67. The van der Waals surface area contributed by atoms with Crippen LogP contribution in [0.25, 0.3) is 0 Å². The van der Waals surface area contributed by atoms with Crippen molar-refractivity contribution >= 4 is 37.6 Å². The molecule has 168 valence electrons. The molecule has 1 N–H and O–H groups in total. The van der Waals surface area contributed by atoms with Crippen LogP contribution in [0.5, 0.6) is 0 Å². The second kappa shape index (κ2) is 9.12. The molecule has 30 heavy (non-hydrogen) atoms. The third kappa shape index (κ3) is 5.16. The first-order chi connectivity index (χ1) is 14.0. The number of hydrogen-bond donors (Lipinski definition) is 1. The highest BCUT2D eigenvalue weighted by Crippen LogP contribution is 2.28. The number of amides is 1. The van der Waals surface area contributed by atoms with Gasteiger partial charge in [0, 0.05) is 37.2 Å². The molecule has 8 nitrogen and oxygen atoms in total. The van der Waals surface area contributed by atoms with Crippen LogP contribution in [0.1, 0.15) is 31.2 Å². The average molecular weight is 478 g/mol. The Morgan fingerprint density at radius 2 is 1.73 bits per heavy atom. The van der Waals surface area contributed by atoms with Crippen LogP contribution in [0.2, 0.25) is 5.02 Å². The summed E-state index contributed by atoms with van der Waals surface area (Å²) in [5.41, 5.74) is 0.508. The molecule has 11 heteroatoms. The van der Waals surface area contributed by atoms with E-state index in [-0.39, 0.29) is 29.9 Å². The first-order valence-electron chi connectivity index (χ1n) is 10.0. The molecule has 2 heterocycles. The maximum absolute atomic E-state index is 13.1. The average Bonchev–Trinajstić information content (AvgIpc) is 2.69. The van der Waals surface area contributed by atoms with E-state index < -0.39 is 26.0 Å². The molecule has 1 amide bonds. The molecule has 2 atom stereocenters. The third-order valence-electron chi connectivity index (χ3n) is 5.79. The summed E-state index contributed by atoms with van der Waals surface area (Å²) in [5.74, 6) is -0.637. The fourth-order valence-electron chi connectivity index (χ4n) is 4.06. The summed E-state index contributed by atoms with van der Waals surface area (Å²) in [7, 11) is -7.06. The fraction of sp³-hybridized carbons (Fsp3) is 0.632. The minimum absolute atomic E-state index is 0.168. The van der Waals surface area contributed by atoms with Crippen LogP contribution in [0.3, 0.4) is 0 Å². The van der Waals surface area contributed by atoms with Gasteiger partial charge in [0.15, 0.2) is 0 Å². The Hall–Kier alpha value is -1.20. The van der Waals surface area contributed by atoms with E-state index in [1.807, 2.05) is 0 Å². The van der Waals surface area contributed by atoms with Crippen LogP contribution in [-0.4, -0.2) is 69.8 Å². The lowest BCUT2D eigenvalue weighted by atomic mass is 9.97. The molecule has 1 aromatic rings. The van der Waals surface area contributed by atoms with Gasteiger partial charge in [0.1, 0.15) is 0 Å². The van der Waals surface area contributed by atoms with Crippen LogP contribution < -0.4 is 5.32 Å². The van der Waals surface area contributed by atoms with E-state index in [1.165, 1.54) is 8.61 Å². The molecule has 0 aliphatic carbocycles. The molecule has 1 unspecified atom stereocenters. The highest BCUT2D eigenvalue weighted by atomic mass is 35.5. The molecule has 2 aliphatic rings. The number of halogens is 1. The van der Waals surface area contributed by atoms with Crippen LogP contribution in [0, 0.1) is 12.8 Å². The number of nitrogens with one attached hydrogen (secondary N) is 1. The second-order valence-electron chi connectivity index (χ2n) is 8.03. The molecule has 0 radical (unpaired) electrons. The largest absolute Gasteiger partial charge is 0.352 e. The van der Waals surface area contributed by atoms with Crippen molar-refractivity contribution in [2.75, 3.05) is 32.4 Å². The number of piperidine rings is 2. The van der Waals surface area contributed by atoms with Gasteiger partial charge in [0.2, 0.25) is 26.0 Å². The summed E-state index contributed by atoms with van der Waals surface area (Å²) in [6, 6.07) is 4.50. The van der Waals surface area contributed by atoms with Gasteiger partial charge in [-0.25, -0.2) is 21.1 Å². The zero-order valence-electron chi connectivity index (χ0n) is 17.2. The predicted octanol–water partition coefficient (Wildman–Crippen LogP) is 1.59. The minimum Gasteiger partial charge on any atom is -0.352 e. The zero-order chi connectivity index (χ0) is 22.1. The Bertz CT molecular complexity index is 1010. The first-order valence-corrected chi connectivity index (χ1v) is 13.7. The van der Waals surface area contributed by atoms with E-state index in [0.717, 1.165) is 6.26 Å². The van der Waals surface area contributed by atoms with Crippen LogP contribution in [-0.2, 0) is 24.8 Å². The van der Waals surface area contributed by atoms with Gasteiger partial charge in [-0.2, -0.15) is 4.31 Å². The van der Waals surface area contributed by atoms with Crippen molar-refractivity contribution in [3.05, 3.63) is 28.8 Å². The zero-order valence-corrected chi connectivity index (χ0v) is 19.6.